The monoisotopic (exact) mass is 342 g/mol. The smallest absolute Gasteiger partial charge is 0.321 e. The molecule has 0 atom stereocenters. The molecule has 1 aromatic heterocycles. The number of urea groups is 1. The van der Waals surface area contributed by atoms with E-state index in [2.05, 4.69) is 21.4 Å². The van der Waals surface area contributed by atoms with Crippen molar-refractivity contribution in [1.29, 1.82) is 0 Å². The minimum Gasteiger partial charge on any atom is -0.361 e. The molecule has 0 aliphatic carbocycles. The first kappa shape index (κ1) is 17.5. The van der Waals surface area contributed by atoms with E-state index >= 15 is 0 Å². The van der Waals surface area contributed by atoms with Crippen molar-refractivity contribution in [3.05, 3.63) is 46.8 Å². The second-order valence-electron chi connectivity index (χ2n) is 6.85. The molecule has 1 fully saturated rings. The second-order valence-corrected chi connectivity index (χ2v) is 6.85. The van der Waals surface area contributed by atoms with Crippen molar-refractivity contribution in [1.82, 2.24) is 15.0 Å². The van der Waals surface area contributed by atoms with Gasteiger partial charge in [-0.25, -0.2) is 4.79 Å². The summed E-state index contributed by atoms with van der Waals surface area (Å²) in [4.78, 5) is 16.8. The molecule has 2 aromatic rings. The van der Waals surface area contributed by atoms with Crippen LogP contribution in [0.4, 0.5) is 10.5 Å². The van der Waals surface area contributed by atoms with Gasteiger partial charge in [-0.15, -0.1) is 0 Å². The molecule has 134 valence electrons. The Balaban J connectivity index is 1.55. The lowest BCUT2D eigenvalue weighted by atomic mass is 10.1. The van der Waals surface area contributed by atoms with Crippen LogP contribution in [0.3, 0.4) is 0 Å². The van der Waals surface area contributed by atoms with E-state index in [0.29, 0.717) is 6.54 Å². The minimum absolute atomic E-state index is 0.0240. The Morgan fingerprint density at radius 1 is 1.08 bits per heavy atom. The van der Waals surface area contributed by atoms with Gasteiger partial charge in [-0.05, 0) is 50.5 Å². The molecule has 1 aliphatic heterocycles. The molecule has 1 N–H and O–H groups in total. The van der Waals surface area contributed by atoms with Gasteiger partial charge in [-0.2, -0.15) is 0 Å². The molecule has 25 heavy (non-hydrogen) atoms. The lowest BCUT2D eigenvalue weighted by Crippen LogP contribution is -2.38. The SMILES string of the molecule is Cc1cc(C)cc(NC(=O)N2CCCN(Cc3cc(C)on3)CC2)c1. The quantitative estimate of drug-likeness (QED) is 0.929. The van der Waals surface area contributed by atoms with E-state index in [-0.39, 0.29) is 6.03 Å². The zero-order chi connectivity index (χ0) is 17.8. The standard InChI is InChI=1S/C19H26N4O2/c1-14-9-15(2)11-17(10-14)20-19(24)23-6-4-5-22(7-8-23)13-18-12-16(3)25-21-18/h9-12H,4-8,13H2,1-3H3,(H,20,24). The molecule has 0 saturated carbocycles. The van der Waals surface area contributed by atoms with Crippen molar-refractivity contribution in [3.8, 4) is 0 Å². The van der Waals surface area contributed by atoms with Gasteiger partial charge in [-0.3, -0.25) is 4.90 Å². The molecule has 0 bridgehead atoms. The fourth-order valence-electron chi connectivity index (χ4n) is 3.30. The summed E-state index contributed by atoms with van der Waals surface area (Å²) < 4.78 is 5.13. The molecule has 3 rings (SSSR count). The van der Waals surface area contributed by atoms with Crippen molar-refractivity contribution in [2.75, 3.05) is 31.5 Å². The molecule has 6 heteroatoms. The third-order valence-electron chi connectivity index (χ3n) is 4.41. The van der Waals surface area contributed by atoms with E-state index in [4.69, 9.17) is 4.52 Å². The largest absolute Gasteiger partial charge is 0.361 e. The van der Waals surface area contributed by atoms with Crippen LogP contribution in [0.5, 0.6) is 0 Å². The van der Waals surface area contributed by atoms with E-state index in [0.717, 1.165) is 60.9 Å². The highest BCUT2D eigenvalue weighted by molar-refractivity contribution is 5.89. The molecule has 1 aliphatic rings. The number of carbonyl (C=O) groups excluding carboxylic acids is 1. The van der Waals surface area contributed by atoms with Gasteiger partial charge in [0.05, 0.1) is 5.69 Å². The number of aryl methyl sites for hydroxylation is 3. The molecule has 1 saturated heterocycles. The molecule has 6 nitrogen and oxygen atoms in total. The average molecular weight is 342 g/mol. The van der Waals surface area contributed by atoms with Gasteiger partial charge in [-0.1, -0.05) is 11.2 Å². The third-order valence-corrected chi connectivity index (χ3v) is 4.41. The van der Waals surface area contributed by atoms with E-state index < -0.39 is 0 Å². The van der Waals surface area contributed by atoms with Gasteiger partial charge in [0.25, 0.3) is 0 Å². The predicted octanol–water partition coefficient (Wildman–Crippen LogP) is 3.34. The highest BCUT2D eigenvalue weighted by Crippen LogP contribution is 2.15. The Hall–Kier alpha value is -2.34. The first-order valence-corrected chi connectivity index (χ1v) is 8.78. The van der Waals surface area contributed by atoms with Crippen LogP contribution in [0, 0.1) is 20.8 Å². The zero-order valence-electron chi connectivity index (χ0n) is 15.2. The van der Waals surface area contributed by atoms with Crippen LogP contribution in [0.1, 0.15) is 29.0 Å². The number of nitrogens with one attached hydrogen (secondary N) is 1. The Bertz CT molecular complexity index is 721. The first-order chi connectivity index (χ1) is 12.0. The van der Waals surface area contributed by atoms with E-state index in [1.807, 2.05) is 43.9 Å². The average Bonchev–Trinajstić information content (AvgIpc) is 2.80. The molecular weight excluding hydrogens is 316 g/mol. The molecule has 0 unspecified atom stereocenters. The number of rotatable bonds is 3. The number of carbonyl (C=O) groups is 1. The molecular formula is C19H26N4O2. The third kappa shape index (κ3) is 4.82. The topological polar surface area (TPSA) is 61.6 Å². The fourth-order valence-corrected chi connectivity index (χ4v) is 3.30. The molecule has 0 radical (unpaired) electrons. The normalized spacial score (nSPS) is 15.9. The minimum atomic E-state index is -0.0240. The number of benzene rings is 1. The van der Waals surface area contributed by atoms with Crippen molar-refractivity contribution in [3.63, 3.8) is 0 Å². The highest BCUT2D eigenvalue weighted by atomic mass is 16.5. The van der Waals surface area contributed by atoms with Crippen LogP contribution >= 0.6 is 0 Å². The molecule has 0 spiro atoms. The Morgan fingerprint density at radius 3 is 2.52 bits per heavy atom. The van der Waals surface area contributed by atoms with Gasteiger partial charge < -0.3 is 14.7 Å². The zero-order valence-corrected chi connectivity index (χ0v) is 15.2. The summed E-state index contributed by atoms with van der Waals surface area (Å²) in [6.07, 6.45) is 0.955. The number of hydrogen-bond donors (Lipinski definition) is 1. The van der Waals surface area contributed by atoms with Crippen LogP contribution in [0.15, 0.2) is 28.8 Å². The van der Waals surface area contributed by atoms with Crippen molar-refractivity contribution < 1.29 is 9.32 Å². The summed E-state index contributed by atoms with van der Waals surface area (Å²) in [5, 5.41) is 7.09. The number of amides is 2. The highest BCUT2D eigenvalue weighted by Gasteiger charge is 2.20. The summed E-state index contributed by atoms with van der Waals surface area (Å²) in [5.74, 6) is 0.833. The van der Waals surface area contributed by atoms with Gasteiger partial charge in [0.15, 0.2) is 0 Å². The fraction of sp³-hybridized carbons (Fsp3) is 0.474. The number of anilines is 1. The maximum Gasteiger partial charge on any atom is 0.321 e. The van der Waals surface area contributed by atoms with Crippen molar-refractivity contribution in [2.24, 2.45) is 0 Å². The molecule has 2 amide bonds. The van der Waals surface area contributed by atoms with Crippen LogP contribution < -0.4 is 5.32 Å². The summed E-state index contributed by atoms with van der Waals surface area (Å²) >= 11 is 0. The van der Waals surface area contributed by atoms with Crippen LogP contribution in [0.25, 0.3) is 0 Å². The summed E-state index contributed by atoms with van der Waals surface area (Å²) in [6, 6.07) is 8.05. The molecule has 2 heterocycles. The summed E-state index contributed by atoms with van der Waals surface area (Å²) in [6.45, 7) is 10.0. The predicted molar refractivity (Wildman–Crippen MR) is 97.6 cm³/mol. The van der Waals surface area contributed by atoms with Crippen LogP contribution in [-0.2, 0) is 6.54 Å². The Morgan fingerprint density at radius 2 is 1.84 bits per heavy atom. The summed E-state index contributed by atoms with van der Waals surface area (Å²) in [7, 11) is 0. The van der Waals surface area contributed by atoms with E-state index in [9.17, 15) is 4.79 Å². The van der Waals surface area contributed by atoms with Crippen molar-refractivity contribution >= 4 is 11.7 Å². The Labute approximate surface area is 148 Å². The Kier molecular flexibility index (Phi) is 5.38. The first-order valence-electron chi connectivity index (χ1n) is 8.78. The van der Waals surface area contributed by atoms with Crippen LogP contribution in [-0.4, -0.2) is 47.2 Å². The van der Waals surface area contributed by atoms with Gasteiger partial charge in [0.2, 0.25) is 0 Å². The lowest BCUT2D eigenvalue weighted by Gasteiger charge is -2.22. The maximum atomic E-state index is 12.6. The van der Waals surface area contributed by atoms with E-state index in [1.54, 1.807) is 0 Å². The number of hydrogen-bond acceptors (Lipinski definition) is 4. The van der Waals surface area contributed by atoms with Crippen molar-refractivity contribution in [2.45, 2.75) is 33.7 Å². The molecule has 1 aromatic carbocycles. The number of aromatic nitrogens is 1. The van der Waals surface area contributed by atoms with Gasteiger partial charge >= 0.3 is 6.03 Å². The number of nitrogens with zero attached hydrogens (tertiary/aromatic N) is 3. The second kappa shape index (κ2) is 7.70. The van der Waals surface area contributed by atoms with Gasteiger partial charge in [0, 0.05) is 44.5 Å². The summed E-state index contributed by atoms with van der Waals surface area (Å²) in [5.41, 5.74) is 4.12. The van der Waals surface area contributed by atoms with Crippen LogP contribution in [0.2, 0.25) is 0 Å². The van der Waals surface area contributed by atoms with Gasteiger partial charge in [0.1, 0.15) is 5.76 Å². The maximum absolute atomic E-state index is 12.6. The lowest BCUT2D eigenvalue weighted by molar-refractivity contribution is 0.210. The van der Waals surface area contributed by atoms with E-state index in [1.165, 1.54) is 0 Å².